The van der Waals surface area contributed by atoms with Crippen molar-refractivity contribution >= 4 is 40.1 Å². The van der Waals surface area contributed by atoms with Gasteiger partial charge in [-0.05, 0) is 35.9 Å². The molecule has 1 amide bonds. The predicted octanol–water partition coefficient (Wildman–Crippen LogP) is 4.77. The summed E-state index contributed by atoms with van der Waals surface area (Å²) in [5.41, 5.74) is 1.84. The minimum atomic E-state index is -1.18. The first kappa shape index (κ1) is 22.3. The summed E-state index contributed by atoms with van der Waals surface area (Å²) in [4.78, 5) is 23.9. The van der Waals surface area contributed by atoms with Crippen LogP contribution in [0.15, 0.2) is 60.7 Å². The molecule has 0 fully saturated rings. The molecule has 0 unspecified atom stereocenters. The first-order chi connectivity index (χ1) is 15.9. The van der Waals surface area contributed by atoms with Crippen molar-refractivity contribution in [3.05, 3.63) is 88.3 Å². The maximum absolute atomic E-state index is 14.3. The monoisotopic (exact) mass is 467 g/mol. The van der Waals surface area contributed by atoms with E-state index in [1.54, 1.807) is 23.9 Å². The van der Waals surface area contributed by atoms with Gasteiger partial charge in [-0.3, -0.25) is 14.3 Å². The Hall–Kier alpha value is -3.91. The van der Waals surface area contributed by atoms with Crippen LogP contribution in [0.25, 0.3) is 10.9 Å². The number of fused-ring (bicyclic) bond motifs is 1. The van der Waals surface area contributed by atoms with E-state index in [0.717, 1.165) is 22.9 Å². The van der Waals surface area contributed by atoms with Gasteiger partial charge in [0.05, 0.1) is 36.3 Å². The minimum Gasteiger partial charge on any atom is -0.497 e. The minimum absolute atomic E-state index is 0.0297. The number of methoxy groups -OCH3 is 1. The Labute approximate surface area is 193 Å². The van der Waals surface area contributed by atoms with Gasteiger partial charge in [0, 0.05) is 10.9 Å². The molecule has 2 N–H and O–H groups in total. The Morgan fingerprint density at radius 1 is 1.15 bits per heavy atom. The molecule has 0 saturated heterocycles. The number of para-hydroxylation sites is 1. The summed E-state index contributed by atoms with van der Waals surface area (Å²) in [5, 5.41) is 16.6. The molecule has 168 valence electrons. The van der Waals surface area contributed by atoms with Crippen LogP contribution in [0.1, 0.15) is 21.6 Å². The van der Waals surface area contributed by atoms with Crippen LogP contribution < -0.4 is 10.1 Å². The van der Waals surface area contributed by atoms with Crippen LogP contribution in [0.5, 0.6) is 5.75 Å². The SMILES string of the molecule is COc1ccc(Cn2nc(C(=O)Nc3cc(F)c(CC(=O)O)cc3Cl)c3ccccc32)cc1. The number of carboxylic acids is 1. The van der Waals surface area contributed by atoms with E-state index in [1.807, 2.05) is 36.4 Å². The molecule has 4 aromatic rings. The number of nitrogens with zero attached hydrogens (tertiary/aromatic N) is 2. The summed E-state index contributed by atoms with van der Waals surface area (Å²) in [6.07, 6.45) is -0.514. The van der Waals surface area contributed by atoms with Crippen molar-refractivity contribution in [3.8, 4) is 5.75 Å². The second kappa shape index (κ2) is 9.30. The maximum atomic E-state index is 14.3. The van der Waals surface area contributed by atoms with E-state index in [0.29, 0.717) is 11.9 Å². The summed E-state index contributed by atoms with van der Waals surface area (Å²) < 4.78 is 21.2. The van der Waals surface area contributed by atoms with Gasteiger partial charge in [-0.2, -0.15) is 5.10 Å². The third-order valence-electron chi connectivity index (χ3n) is 5.09. The normalized spacial score (nSPS) is 10.9. The third kappa shape index (κ3) is 4.80. The van der Waals surface area contributed by atoms with Gasteiger partial charge >= 0.3 is 5.97 Å². The van der Waals surface area contributed by atoms with E-state index < -0.39 is 24.1 Å². The Morgan fingerprint density at radius 2 is 1.88 bits per heavy atom. The number of carboxylic acid groups (broad SMARTS) is 1. The van der Waals surface area contributed by atoms with Crippen molar-refractivity contribution in [3.63, 3.8) is 0 Å². The number of anilines is 1. The van der Waals surface area contributed by atoms with E-state index in [4.69, 9.17) is 21.4 Å². The van der Waals surface area contributed by atoms with Crippen molar-refractivity contribution in [2.45, 2.75) is 13.0 Å². The number of halogens is 2. The summed E-state index contributed by atoms with van der Waals surface area (Å²) in [6.45, 7) is 0.428. The lowest BCUT2D eigenvalue weighted by molar-refractivity contribution is -0.136. The van der Waals surface area contributed by atoms with Gasteiger partial charge in [-0.25, -0.2) is 4.39 Å². The summed E-state index contributed by atoms with van der Waals surface area (Å²) in [7, 11) is 1.60. The number of hydrogen-bond acceptors (Lipinski definition) is 4. The molecule has 4 rings (SSSR count). The fraction of sp³-hybridized carbons (Fsp3) is 0.125. The largest absolute Gasteiger partial charge is 0.497 e. The molecule has 1 heterocycles. The number of carbonyl (C=O) groups is 2. The lowest BCUT2D eigenvalue weighted by atomic mass is 10.1. The second-order valence-corrected chi connectivity index (χ2v) is 7.73. The highest BCUT2D eigenvalue weighted by atomic mass is 35.5. The predicted molar refractivity (Wildman–Crippen MR) is 123 cm³/mol. The van der Waals surface area contributed by atoms with Gasteiger partial charge < -0.3 is 15.2 Å². The van der Waals surface area contributed by atoms with E-state index in [1.165, 1.54) is 6.07 Å². The number of aromatic nitrogens is 2. The van der Waals surface area contributed by atoms with E-state index in [2.05, 4.69) is 10.4 Å². The van der Waals surface area contributed by atoms with E-state index >= 15 is 0 Å². The molecule has 7 nitrogen and oxygen atoms in total. The van der Waals surface area contributed by atoms with Crippen molar-refractivity contribution in [2.24, 2.45) is 0 Å². The Morgan fingerprint density at radius 3 is 2.58 bits per heavy atom. The van der Waals surface area contributed by atoms with Crippen LogP contribution in [0.2, 0.25) is 5.02 Å². The molecule has 0 saturated carbocycles. The Bertz CT molecular complexity index is 1350. The molecule has 0 radical (unpaired) electrons. The number of benzene rings is 3. The fourth-order valence-electron chi connectivity index (χ4n) is 3.48. The zero-order chi connectivity index (χ0) is 23.5. The van der Waals surface area contributed by atoms with Crippen LogP contribution in [0, 0.1) is 5.82 Å². The molecular formula is C24H19ClFN3O4. The van der Waals surface area contributed by atoms with Crippen molar-refractivity contribution in [2.75, 3.05) is 12.4 Å². The number of nitrogens with one attached hydrogen (secondary N) is 1. The third-order valence-corrected chi connectivity index (χ3v) is 5.40. The molecule has 33 heavy (non-hydrogen) atoms. The summed E-state index contributed by atoms with van der Waals surface area (Å²) >= 11 is 6.16. The zero-order valence-corrected chi connectivity index (χ0v) is 18.3. The van der Waals surface area contributed by atoms with Gasteiger partial charge in [0.2, 0.25) is 0 Å². The highest BCUT2D eigenvalue weighted by Gasteiger charge is 2.20. The molecule has 0 aliphatic heterocycles. The summed E-state index contributed by atoms with van der Waals surface area (Å²) in [6, 6.07) is 17.0. The topological polar surface area (TPSA) is 93.5 Å². The zero-order valence-electron chi connectivity index (χ0n) is 17.5. The molecule has 0 aliphatic rings. The molecule has 9 heteroatoms. The van der Waals surface area contributed by atoms with Gasteiger partial charge in [0.1, 0.15) is 11.6 Å². The number of aliphatic carboxylic acids is 1. The standard InChI is InChI=1S/C24H19ClFN3O4/c1-33-16-8-6-14(7-9-16)13-29-21-5-3-2-4-17(21)23(28-29)24(32)27-20-12-19(26)15(10-18(20)25)11-22(30)31/h2-10,12H,11,13H2,1H3,(H,27,32)(H,30,31). The molecular weight excluding hydrogens is 449 g/mol. The number of amides is 1. The average Bonchev–Trinajstić information content (AvgIpc) is 3.16. The number of hydrogen-bond donors (Lipinski definition) is 2. The number of rotatable bonds is 7. The Kier molecular flexibility index (Phi) is 6.28. The van der Waals surface area contributed by atoms with Crippen molar-refractivity contribution in [1.82, 2.24) is 9.78 Å². The molecule has 0 spiro atoms. The lowest BCUT2D eigenvalue weighted by Crippen LogP contribution is -2.15. The van der Waals surface area contributed by atoms with Crippen LogP contribution in [-0.2, 0) is 17.8 Å². The first-order valence-electron chi connectivity index (χ1n) is 9.95. The van der Waals surface area contributed by atoms with Crippen molar-refractivity contribution in [1.29, 1.82) is 0 Å². The van der Waals surface area contributed by atoms with Gasteiger partial charge in [-0.15, -0.1) is 0 Å². The fourth-order valence-corrected chi connectivity index (χ4v) is 3.72. The Balaban J connectivity index is 1.64. The number of carbonyl (C=O) groups excluding carboxylic acids is 1. The highest BCUT2D eigenvalue weighted by Crippen LogP contribution is 2.28. The van der Waals surface area contributed by atoms with Crippen LogP contribution in [0.4, 0.5) is 10.1 Å². The van der Waals surface area contributed by atoms with Gasteiger partial charge in [0.25, 0.3) is 5.91 Å². The molecule has 0 bridgehead atoms. The van der Waals surface area contributed by atoms with Crippen LogP contribution in [0.3, 0.4) is 0 Å². The van der Waals surface area contributed by atoms with Crippen LogP contribution >= 0.6 is 11.6 Å². The van der Waals surface area contributed by atoms with Gasteiger partial charge in [-0.1, -0.05) is 41.9 Å². The highest BCUT2D eigenvalue weighted by molar-refractivity contribution is 6.34. The van der Waals surface area contributed by atoms with E-state index in [-0.39, 0.29) is 22.0 Å². The smallest absolute Gasteiger partial charge is 0.307 e. The number of ether oxygens (including phenoxy) is 1. The van der Waals surface area contributed by atoms with Crippen LogP contribution in [-0.4, -0.2) is 33.9 Å². The second-order valence-electron chi connectivity index (χ2n) is 7.32. The average molecular weight is 468 g/mol. The first-order valence-corrected chi connectivity index (χ1v) is 10.3. The molecule has 0 atom stereocenters. The van der Waals surface area contributed by atoms with Gasteiger partial charge in [0.15, 0.2) is 5.69 Å². The summed E-state index contributed by atoms with van der Waals surface area (Å²) in [5.74, 6) is -1.78. The lowest BCUT2D eigenvalue weighted by Gasteiger charge is -2.09. The quantitative estimate of drug-likeness (QED) is 0.408. The van der Waals surface area contributed by atoms with E-state index in [9.17, 15) is 14.0 Å². The molecule has 3 aromatic carbocycles. The van der Waals surface area contributed by atoms with Crippen molar-refractivity contribution < 1.29 is 23.8 Å². The molecule has 0 aliphatic carbocycles. The maximum Gasteiger partial charge on any atom is 0.307 e. The molecule has 1 aromatic heterocycles.